The van der Waals surface area contributed by atoms with Crippen molar-refractivity contribution in [2.24, 2.45) is 5.73 Å². The maximum Gasteiger partial charge on any atom is 0.264 e. The fourth-order valence-corrected chi connectivity index (χ4v) is 15.4. The van der Waals surface area contributed by atoms with Gasteiger partial charge in [0.25, 0.3) is 10.1 Å². The highest BCUT2D eigenvalue weighted by Gasteiger charge is 2.35. The molecule has 750 valence electrons. The molecular formula is C110H119F4N5O22S. The Bertz CT molecular complexity index is 6290. The number of aliphatic hydroxyl groups is 5. The lowest BCUT2D eigenvalue weighted by Crippen LogP contribution is -2.24. The lowest BCUT2D eigenvalue weighted by molar-refractivity contribution is -0.0390. The molecule has 4 aromatic heterocycles. The van der Waals surface area contributed by atoms with Crippen LogP contribution in [0.4, 0.5) is 17.6 Å². The van der Waals surface area contributed by atoms with Gasteiger partial charge in [-0.2, -0.15) is 8.42 Å². The van der Waals surface area contributed by atoms with Gasteiger partial charge in [-0.25, -0.2) is 37.5 Å². The highest BCUT2D eigenvalue weighted by atomic mass is 32.2. The van der Waals surface area contributed by atoms with Crippen molar-refractivity contribution in [1.82, 2.24) is 19.9 Å². The van der Waals surface area contributed by atoms with Gasteiger partial charge < -0.3 is 78.6 Å². The number of ketones is 4. The fraction of sp³-hybridized carbons (Fsp3) is 0.345. The number of nitrogens with zero attached hydrogens (tertiary/aromatic N) is 4. The van der Waals surface area contributed by atoms with Crippen molar-refractivity contribution in [3.63, 3.8) is 0 Å². The Hall–Kier alpha value is -13.3. The lowest BCUT2D eigenvalue weighted by atomic mass is 9.91. The smallest absolute Gasteiger partial charge is 0.264 e. The average Bonchev–Trinajstić information content (AvgIpc) is 1.75. The third-order valence-corrected chi connectivity index (χ3v) is 24.5. The number of benzene rings is 8. The van der Waals surface area contributed by atoms with Crippen LogP contribution < -0.4 is 43.6 Å². The van der Waals surface area contributed by atoms with E-state index in [1.165, 1.54) is 89.1 Å². The summed E-state index contributed by atoms with van der Waals surface area (Å²) in [5.74, 6) is 2.31. The number of pyridine rings is 4. The van der Waals surface area contributed by atoms with Gasteiger partial charge >= 0.3 is 0 Å². The van der Waals surface area contributed by atoms with Crippen LogP contribution in [-0.4, -0.2) is 151 Å². The first-order valence-corrected chi connectivity index (χ1v) is 48.3. The van der Waals surface area contributed by atoms with E-state index in [0.29, 0.717) is 148 Å². The molecule has 0 amide bonds. The monoisotopic (exact) mass is 1970 g/mol. The van der Waals surface area contributed by atoms with E-state index in [1.807, 2.05) is 13.0 Å². The van der Waals surface area contributed by atoms with Crippen LogP contribution in [0.2, 0.25) is 0 Å². The van der Waals surface area contributed by atoms with Crippen molar-refractivity contribution in [3.05, 3.63) is 309 Å². The van der Waals surface area contributed by atoms with Gasteiger partial charge in [-0.05, 0) is 299 Å². The lowest BCUT2D eigenvalue weighted by Gasteiger charge is -2.24. The van der Waals surface area contributed by atoms with E-state index in [-0.39, 0.29) is 149 Å². The number of aromatic nitrogens is 4. The summed E-state index contributed by atoms with van der Waals surface area (Å²) in [6.45, 7) is 8.83. The number of halogens is 4. The highest BCUT2D eigenvalue weighted by Crippen LogP contribution is 2.42. The molecule has 32 heteroatoms. The van der Waals surface area contributed by atoms with E-state index in [9.17, 15) is 70.7 Å². The Morgan fingerprint density at radius 2 is 0.641 bits per heavy atom. The number of rotatable bonds is 45. The van der Waals surface area contributed by atoms with Gasteiger partial charge in [0, 0.05) is 101 Å². The molecule has 0 aliphatic heterocycles. The number of methoxy groups -OCH3 is 5. The molecule has 3 saturated carbocycles. The van der Waals surface area contributed by atoms with Crippen LogP contribution in [0.25, 0.3) is 45.0 Å². The molecule has 7 N–H and O–H groups in total. The maximum atomic E-state index is 13.5. The summed E-state index contributed by atoms with van der Waals surface area (Å²) in [6, 6.07) is 57.1. The molecule has 142 heavy (non-hydrogen) atoms. The third kappa shape index (κ3) is 30.2. The van der Waals surface area contributed by atoms with Crippen LogP contribution in [0, 0.1) is 23.3 Å². The Morgan fingerprint density at radius 3 is 0.908 bits per heavy atom. The number of carbonyl (C=O) groups excluding carboxylic acids is 4. The standard InChI is InChI=1S/C28H30FNO7S.C28H32FNO6.C27H29FN2O4.C27H28FNO5/c1-28(32,15-14-23(31)19-6-12-24(25(16-19)35-2)37-22-10-11-22)26-13-7-20(17-36-38(3,33)34)27(30-26)18-4-8-21(29)9-5-18;1-5-36-24-12-8-20(16-25(24)34-4)23(31)14-15-28(2,32)26-13-9-21(17-35-18-33-3)27(30-26)19-6-10-22(29)11-7-19;1-27(32,25-12-6-19(16-29)26(30-25)17-3-7-20(28)8-4-17)14-13-22(31)18-5-11-23(24(15-18)33-2)34-21-9-10-21;1-27(32,25-12-6-19(16-30)26(29-25)17-3-7-20(28)8-4-17)14-13-22(31)18-5-11-23(24(15-18)33-2)34-21-9-10-21/h4-9,12-13,16,22,32H,10-11,14-15,17H2,1-3H3;6-13,16,32H,5,14-15,17-18H2,1-4H3;3-8,11-12,15,21,32H,9-10,13-14,16,29H2,1-2H3;3-8,11-12,15,21,30,32H,9-10,13-14,16H2,1-2H3. The molecule has 3 aliphatic rings. The number of aliphatic hydroxyl groups excluding tert-OH is 1. The van der Waals surface area contributed by atoms with Crippen LogP contribution in [0.15, 0.2) is 218 Å². The summed E-state index contributed by atoms with van der Waals surface area (Å²) in [5.41, 5.74) is 10.6. The van der Waals surface area contributed by atoms with Gasteiger partial charge in [0.15, 0.2) is 69.1 Å². The summed E-state index contributed by atoms with van der Waals surface area (Å²) in [7, 11) is 3.94. The van der Waals surface area contributed by atoms with Crippen molar-refractivity contribution in [2.75, 3.05) is 55.2 Å². The maximum absolute atomic E-state index is 13.5. The highest BCUT2D eigenvalue weighted by molar-refractivity contribution is 7.85. The molecule has 15 rings (SSSR count). The van der Waals surface area contributed by atoms with Crippen LogP contribution in [-0.2, 0) is 72.5 Å². The summed E-state index contributed by atoms with van der Waals surface area (Å²) < 4.78 is 137. The second kappa shape index (κ2) is 49.0. The minimum Gasteiger partial charge on any atom is -0.493 e. The molecule has 4 heterocycles. The molecule has 3 fully saturated rings. The second-order valence-electron chi connectivity index (χ2n) is 35.6. The largest absolute Gasteiger partial charge is 0.493 e. The van der Waals surface area contributed by atoms with Gasteiger partial charge in [-0.3, -0.25) is 23.4 Å². The SMILES string of the molecule is CCOc1ccc(C(=O)CCC(C)(O)c2ccc(COCOC)c(-c3ccc(F)cc3)n2)cc1OC.COc1cc(C(=O)CCC(C)(O)c2ccc(CN)c(-c3ccc(F)cc3)n2)ccc1OC1CC1.COc1cc(C(=O)CCC(C)(O)c2ccc(CO)c(-c3ccc(F)cc3)n2)ccc1OC1CC1.COc1cc(C(=O)CCC(C)(O)c2ccc(COS(C)(=O)=O)c(-c3ccc(F)cc3)n2)ccc1OC1CC1. The predicted molar refractivity (Wildman–Crippen MR) is 525 cm³/mol. The molecule has 0 spiro atoms. The van der Waals surface area contributed by atoms with Crippen molar-refractivity contribution in [2.45, 2.75) is 192 Å². The zero-order valence-corrected chi connectivity index (χ0v) is 81.9. The first kappa shape index (κ1) is 108. The predicted octanol–water partition coefficient (Wildman–Crippen LogP) is 19.6. The summed E-state index contributed by atoms with van der Waals surface area (Å²) in [6.07, 6.45) is 8.56. The topological polar surface area (TPSA) is 383 Å². The van der Waals surface area contributed by atoms with Crippen molar-refractivity contribution < 1.29 is 122 Å². The van der Waals surface area contributed by atoms with Gasteiger partial charge in [0.2, 0.25) is 0 Å². The summed E-state index contributed by atoms with van der Waals surface area (Å²) in [4.78, 5) is 70.0. The van der Waals surface area contributed by atoms with E-state index in [1.54, 1.807) is 186 Å². The zero-order valence-electron chi connectivity index (χ0n) is 81.1. The van der Waals surface area contributed by atoms with Gasteiger partial charge in [-0.15, -0.1) is 0 Å². The fourth-order valence-electron chi connectivity index (χ4n) is 15.1. The molecular weight excluding hydrogens is 1850 g/mol. The Kier molecular flexibility index (Phi) is 37.1. The normalized spacial score (nSPS) is 14.4. The number of Topliss-reactive ketones (excluding diaryl/α,β-unsaturated/α-hetero) is 4. The minimum absolute atomic E-state index is 0.0332. The van der Waals surface area contributed by atoms with E-state index < -0.39 is 38.3 Å². The molecule has 0 radical (unpaired) electrons. The molecule has 3 aliphatic carbocycles. The minimum atomic E-state index is -3.71. The second-order valence-corrected chi connectivity index (χ2v) is 37.2. The van der Waals surface area contributed by atoms with Gasteiger partial charge in [0.1, 0.15) is 52.5 Å². The Morgan fingerprint density at radius 1 is 0.373 bits per heavy atom. The molecule has 8 aromatic carbocycles. The van der Waals surface area contributed by atoms with Gasteiger partial charge in [-0.1, -0.05) is 24.3 Å². The number of hydrogen-bond acceptors (Lipinski definition) is 27. The van der Waals surface area contributed by atoms with Crippen molar-refractivity contribution >= 4 is 33.3 Å². The number of carbonyl (C=O) groups is 4. The number of nitrogens with two attached hydrogens (primary N) is 1. The average molecular weight is 1970 g/mol. The van der Waals surface area contributed by atoms with Crippen molar-refractivity contribution in [3.8, 4) is 91.0 Å². The Balaban J connectivity index is 0.000000169. The van der Waals surface area contributed by atoms with Crippen LogP contribution >= 0.6 is 0 Å². The third-order valence-electron chi connectivity index (χ3n) is 23.9. The molecule has 0 saturated heterocycles. The zero-order chi connectivity index (χ0) is 102. The van der Waals surface area contributed by atoms with Crippen LogP contribution in [0.1, 0.15) is 211 Å². The molecule has 4 atom stereocenters. The molecule has 27 nitrogen and oxygen atoms in total. The van der Waals surface area contributed by atoms with E-state index in [0.717, 1.165) is 55.9 Å². The summed E-state index contributed by atoms with van der Waals surface area (Å²) >= 11 is 0. The first-order valence-electron chi connectivity index (χ1n) is 46.5. The first-order chi connectivity index (χ1) is 67.8. The quantitative estimate of drug-likeness (QED) is 0.00678. The number of ether oxygens (including phenoxy) is 10. The van der Waals surface area contributed by atoms with E-state index >= 15 is 0 Å². The van der Waals surface area contributed by atoms with E-state index in [4.69, 9.17) is 62.3 Å². The Labute approximate surface area is 823 Å². The molecule has 4 unspecified atom stereocenters. The van der Waals surface area contributed by atoms with Crippen molar-refractivity contribution in [1.29, 1.82) is 0 Å². The van der Waals surface area contributed by atoms with E-state index in [2.05, 4.69) is 15.0 Å². The molecule has 0 bridgehead atoms. The van der Waals surface area contributed by atoms with Crippen LogP contribution in [0.5, 0.6) is 46.0 Å². The summed E-state index contributed by atoms with van der Waals surface area (Å²) in [5, 5.41) is 54.5. The van der Waals surface area contributed by atoms with Crippen LogP contribution in [0.3, 0.4) is 0 Å². The molecule has 12 aromatic rings. The number of hydrogen-bond donors (Lipinski definition) is 6. The van der Waals surface area contributed by atoms with Gasteiger partial charge in [0.05, 0.1) is 125 Å².